The number of aromatic nitrogens is 1. The van der Waals surface area contributed by atoms with Crippen LogP contribution in [0.4, 0.5) is 5.82 Å². The molecule has 1 aromatic rings. The molecule has 1 fully saturated rings. The number of rotatable bonds is 7. The van der Waals surface area contributed by atoms with Crippen molar-refractivity contribution in [3.63, 3.8) is 0 Å². The van der Waals surface area contributed by atoms with Crippen LogP contribution in [0, 0.1) is 12.3 Å². The van der Waals surface area contributed by atoms with Crippen LogP contribution in [0.15, 0.2) is 18.3 Å². The molecule has 7 nitrogen and oxygen atoms in total. The van der Waals surface area contributed by atoms with E-state index in [-0.39, 0.29) is 30.7 Å². The number of carbonyl (C=O) groups excluding carboxylic acids is 3. The van der Waals surface area contributed by atoms with Gasteiger partial charge in [0.05, 0.1) is 0 Å². The third kappa shape index (κ3) is 5.78. The van der Waals surface area contributed by atoms with E-state index < -0.39 is 17.4 Å². The first kappa shape index (κ1) is 21.9. The second-order valence-electron chi connectivity index (χ2n) is 8.68. The molecule has 0 saturated heterocycles. The molecule has 154 valence electrons. The number of pyridine rings is 1. The monoisotopic (exact) mass is 388 g/mol. The Morgan fingerprint density at radius 3 is 2.43 bits per heavy atom. The Morgan fingerprint density at radius 2 is 1.89 bits per heavy atom. The molecule has 0 spiro atoms. The molecule has 1 aliphatic carbocycles. The third-order valence-electron chi connectivity index (χ3n) is 5.12. The van der Waals surface area contributed by atoms with Gasteiger partial charge in [0.15, 0.2) is 0 Å². The second kappa shape index (κ2) is 9.17. The lowest BCUT2D eigenvalue weighted by Crippen LogP contribution is -2.57. The van der Waals surface area contributed by atoms with Crippen molar-refractivity contribution < 1.29 is 14.4 Å². The van der Waals surface area contributed by atoms with Gasteiger partial charge in [0.1, 0.15) is 11.9 Å². The van der Waals surface area contributed by atoms with E-state index in [0.717, 1.165) is 31.2 Å². The average molecular weight is 389 g/mol. The summed E-state index contributed by atoms with van der Waals surface area (Å²) in [5, 5.41) is 2.72. The first-order valence-corrected chi connectivity index (χ1v) is 9.92. The summed E-state index contributed by atoms with van der Waals surface area (Å²) in [5.41, 5.74) is 6.20. The molecular weight excluding hydrogens is 356 g/mol. The average Bonchev–Trinajstić information content (AvgIpc) is 3.10. The molecule has 3 N–H and O–H groups in total. The number of primary amides is 1. The Bertz CT molecular complexity index is 721. The van der Waals surface area contributed by atoms with Gasteiger partial charge in [-0.15, -0.1) is 0 Å². The summed E-state index contributed by atoms with van der Waals surface area (Å²) in [4.78, 5) is 43.3. The number of carbonyl (C=O) groups is 3. The van der Waals surface area contributed by atoms with E-state index in [1.165, 1.54) is 0 Å². The molecule has 0 aromatic carbocycles. The summed E-state index contributed by atoms with van der Waals surface area (Å²) in [7, 11) is 0. The van der Waals surface area contributed by atoms with E-state index in [1.807, 2.05) is 33.8 Å². The summed E-state index contributed by atoms with van der Waals surface area (Å²) in [6.45, 7) is 7.64. The fraction of sp³-hybridized carbons (Fsp3) is 0.619. The van der Waals surface area contributed by atoms with Gasteiger partial charge in [-0.2, -0.15) is 0 Å². The first-order chi connectivity index (χ1) is 13.1. The van der Waals surface area contributed by atoms with Gasteiger partial charge in [-0.05, 0) is 42.9 Å². The molecule has 1 saturated carbocycles. The molecule has 2 rings (SSSR count). The predicted octanol–water partition coefficient (Wildman–Crippen LogP) is 2.78. The molecule has 0 radical (unpaired) electrons. The van der Waals surface area contributed by atoms with Crippen LogP contribution in [0.5, 0.6) is 0 Å². The molecule has 1 unspecified atom stereocenters. The normalized spacial score (nSPS) is 15.9. The molecule has 7 heteroatoms. The topological polar surface area (TPSA) is 105 Å². The maximum atomic E-state index is 13.1. The number of nitrogens with zero attached hydrogens (tertiary/aromatic N) is 2. The number of nitrogens with one attached hydrogen (secondary N) is 1. The minimum atomic E-state index is -0.690. The predicted molar refractivity (Wildman–Crippen MR) is 108 cm³/mol. The lowest BCUT2D eigenvalue weighted by Gasteiger charge is -2.41. The zero-order chi connectivity index (χ0) is 20.9. The van der Waals surface area contributed by atoms with Crippen molar-refractivity contribution >= 4 is 23.5 Å². The summed E-state index contributed by atoms with van der Waals surface area (Å²) in [6.07, 6.45) is 5.49. The van der Waals surface area contributed by atoms with Crippen molar-refractivity contribution in [2.75, 3.05) is 5.32 Å². The Morgan fingerprint density at radius 1 is 1.25 bits per heavy atom. The van der Waals surface area contributed by atoms with Crippen LogP contribution in [0.25, 0.3) is 0 Å². The van der Waals surface area contributed by atoms with E-state index in [1.54, 1.807) is 17.2 Å². The van der Waals surface area contributed by atoms with Gasteiger partial charge in [-0.3, -0.25) is 14.4 Å². The van der Waals surface area contributed by atoms with E-state index in [4.69, 9.17) is 5.73 Å². The fourth-order valence-corrected chi connectivity index (χ4v) is 3.88. The van der Waals surface area contributed by atoms with Gasteiger partial charge < -0.3 is 16.0 Å². The first-order valence-electron chi connectivity index (χ1n) is 9.92. The molecule has 1 heterocycles. The lowest BCUT2D eigenvalue weighted by atomic mass is 9.84. The largest absolute Gasteiger partial charge is 0.368 e. The van der Waals surface area contributed by atoms with Crippen LogP contribution < -0.4 is 11.1 Å². The van der Waals surface area contributed by atoms with Gasteiger partial charge in [0.2, 0.25) is 17.7 Å². The van der Waals surface area contributed by atoms with Crippen LogP contribution in [0.3, 0.4) is 0 Å². The number of aryl methyl sites for hydroxylation is 1. The molecular formula is C21H32N4O3. The second-order valence-corrected chi connectivity index (χ2v) is 8.68. The van der Waals surface area contributed by atoms with Crippen LogP contribution in [-0.2, 0) is 14.4 Å². The molecule has 1 aromatic heterocycles. The molecule has 28 heavy (non-hydrogen) atoms. The summed E-state index contributed by atoms with van der Waals surface area (Å²) < 4.78 is 0. The Balaban J connectivity index is 2.07. The van der Waals surface area contributed by atoms with Gasteiger partial charge in [0, 0.05) is 25.1 Å². The highest BCUT2D eigenvalue weighted by Crippen LogP contribution is 2.32. The maximum Gasteiger partial charge on any atom is 0.240 e. The van der Waals surface area contributed by atoms with Crippen LogP contribution in [0.1, 0.15) is 64.9 Å². The SMILES string of the molecule is Cc1ccnc(NC(=O)CCC(=O)N(C2CCCC2)C(C(N)=O)C(C)(C)C)c1. The molecule has 0 bridgehead atoms. The van der Waals surface area contributed by atoms with Crippen LogP contribution in [-0.4, -0.2) is 39.7 Å². The fourth-order valence-electron chi connectivity index (χ4n) is 3.88. The molecule has 3 amide bonds. The van der Waals surface area contributed by atoms with Gasteiger partial charge in [0.25, 0.3) is 0 Å². The standard InChI is InChI=1S/C21H32N4O3/c1-14-11-12-23-16(13-14)24-17(26)9-10-18(27)25(15-7-5-6-8-15)19(20(22)28)21(2,3)4/h11-13,15,19H,5-10H2,1-4H3,(H2,22,28)(H,23,24,26). The van der Waals surface area contributed by atoms with Crippen molar-refractivity contribution in [3.8, 4) is 0 Å². The summed E-state index contributed by atoms with van der Waals surface area (Å²) in [5.74, 6) is -0.502. The van der Waals surface area contributed by atoms with Gasteiger partial charge in [-0.25, -0.2) is 4.98 Å². The van der Waals surface area contributed by atoms with Crippen molar-refractivity contribution in [1.82, 2.24) is 9.88 Å². The maximum absolute atomic E-state index is 13.1. The number of nitrogens with two attached hydrogens (primary N) is 1. The molecule has 1 aliphatic rings. The number of hydrogen-bond donors (Lipinski definition) is 2. The van der Waals surface area contributed by atoms with E-state index in [0.29, 0.717) is 5.82 Å². The number of hydrogen-bond acceptors (Lipinski definition) is 4. The lowest BCUT2D eigenvalue weighted by molar-refractivity contribution is -0.146. The van der Waals surface area contributed by atoms with Crippen molar-refractivity contribution in [1.29, 1.82) is 0 Å². The van der Waals surface area contributed by atoms with Gasteiger partial charge in [-0.1, -0.05) is 33.6 Å². The van der Waals surface area contributed by atoms with Crippen molar-refractivity contribution in [3.05, 3.63) is 23.9 Å². The quantitative estimate of drug-likeness (QED) is 0.749. The highest BCUT2D eigenvalue weighted by atomic mass is 16.2. The van der Waals surface area contributed by atoms with Gasteiger partial charge >= 0.3 is 0 Å². The zero-order valence-corrected chi connectivity index (χ0v) is 17.3. The van der Waals surface area contributed by atoms with E-state index in [9.17, 15) is 14.4 Å². The highest BCUT2D eigenvalue weighted by molar-refractivity contribution is 5.93. The highest BCUT2D eigenvalue weighted by Gasteiger charge is 2.41. The smallest absolute Gasteiger partial charge is 0.240 e. The minimum absolute atomic E-state index is 0.00530. The Hall–Kier alpha value is -2.44. The van der Waals surface area contributed by atoms with Crippen LogP contribution in [0.2, 0.25) is 0 Å². The zero-order valence-electron chi connectivity index (χ0n) is 17.3. The van der Waals surface area contributed by atoms with E-state index >= 15 is 0 Å². The minimum Gasteiger partial charge on any atom is -0.368 e. The third-order valence-corrected chi connectivity index (χ3v) is 5.12. The Labute approximate surface area is 167 Å². The number of anilines is 1. The Kier molecular flexibility index (Phi) is 7.16. The molecule has 0 aliphatic heterocycles. The van der Waals surface area contributed by atoms with E-state index in [2.05, 4.69) is 10.3 Å². The summed E-state index contributed by atoms with van der Waals surface area (Å²) >= 11 is 0. The molecule has 1 atom stereocenters. The van der Waals surface area contributed by atoms with Crippen molar-refractivity contribution in [2.24, 2.45) is 11.1 Å². The summed E-state index contributed by atoms with van der Waals surface area (Å²) in [6, 6.07) is 2.93. The van der Waals surface area contributed by atoms with Crippen molar-refractivity contribution in [2.45, 2.75) is 78.3 Å². The number of amides is 3. The van der Waals surface area contributed by atoms with Crippen LogP contribution >= 0.6 is 0 Å².